The summed E-state index contributed by atoms with van der Waals surface area (Å²) in [6, 6.07) is 1.19. The SMILES string of the molecule is CCOC(=O)N1CCC2(CC(N3CCC([C@@H]4CCCN4C(=O)CC)CC3)C2)C1. The van der Waals surface area contributed by atoms with Crippen LogP contribution in [0.2, 0.25) is 0 Å². The lowest BCUT2D eigenvalue weighted by Crippen LogP contribution is -2.55. The van der Waals surface area contributed by atoms with Crippen LogP contribution in [0.4, 0.5) is 4.79 Å². The van der Waals surface area contributed by atoms with E-state index < -0.39 is 0 Å². The second kappa shape index (κ2) is 8.21. The number of ether oxygens (including phenoxy) is 1. The van der Waals surface area contributed by atoms with Gasteiger partial charge < -0.3 is 19.4 Å². The van der Waals surface area contributed by atoms with E-state index in [1.165, 1.54) is 51.6 Å². The number of hydrogen-bond donors (Lipinski definition) is 0. The predicted molar refractivity (Wildman–Crippen MR) is 108 cm³/mol. The van der Waals surface area contributed by atoms with Gasteiger partial charge in [-0.05, 0) is 76.3 Å². The smallest absolute Gasteiger partial charge is 0.409 e. The highest BCUT2D eigenvalue weighted by Gasteiger charge is 2.51. The molecule has 4 rings (SSSR count). The van der Waals surface area contributed by atoms with Gasteiger partial charge in [0.15, 0.2) is 0 Å². The highest BCUT2D eigenvalue weighted by molar-refractivity contribution is 5.76. The van der Waals surface area contributed by atoms with Crippen molar-refractivity contribution in [3.63, 3.8) is 0 Å². The minimum atomic E-state index is -0.133. The van der Waals surface area contributed by atoms with Crippen molar-refractivity contribution in [3.05, 3.63) is 0 Å². The molecule has 4 aliphatic rings. The van der Waals surface area contributed by atoms with Crippen LogP contribution in [0.15, 0.2) is 0 Å². The van der Waals surface area contributed by atoms with Crippen LogP contribution < -0.4 is 0 Å². The number of likely N-dealkylation sites (tertiary alicyclic amines) is 3. The number of carbonyl (C=O) groups excluding carboxylic acids is 2. The molecule has 1 atom stereocenters. The molecular weight excluding hydrogens is 354 g/mol. The number of rotatable bonds is 4. The molecule has 3 aliphatic heterocycles. The van der Waals surface area contributed by atoms with E-state index in [-0.39, 0.29) is 6.09 Å². The van der Waals surface area contributed by atoms with E-state index in [1.54, 1.807) is 0 Å². The first-order valence-corrected chi connectivity index (χ1v) is 11.5. The van der Waals surface area contributed by atoms with Gasteiger partial charge in [-0.15, -0.1) is 0 Å². The number of hydrogen-bond acceptors (Lipinski definition) is 4. The summed E-state index contributed by atoms with van der Waals surface area (Å²) < 4.78 is 5.17. The Morgan fingerprint density at radius 3 is 2.46 bits per heavy atom. The van der Waals surface area contributed by atoms with E-state index >= 15 is 0 Å². The maximum atomic E-state index is 12.2. The quantitative estimate of drug-likeness (QED) is 0.739. The summed E-state index contributed by atoms with van der Waals surface area (Å²) in [5, 5.41) is 0. The normalized spacial score (nSPS) is 34.1. The first-order chi connectivity index (χ1) is 13.5. The Balaban J connectivity index is 1.23. The second-order valence-corrected chi connectivity index (χ2v) is 9.46. The zero-order chi connectivity index (χ0) is 19.7. The fraction of sp³-hybridized carbons (Fsp3) is 0.909. The van der Waals surface area contributed by atoms with Crippen molar-refractivity contribution in [3.8, 4) is 0 Å². The Hall–Kier alpha value is -1.30. The summed E-state index contributed by atoms with van der Waals surface area (Å²) in [6.07, 6.45) is 8.96. The topological polar surface area (TPSA) is 53.1 Å². The van der Waals surface area contributed by atoms with E-state index in [0.717, 1.165) is 26.1 Å². The lowest BCUT2D eigenvalue weighted by Gasteiger charge is -2.52. The van der Waals surface area contributed by atoms with Crippen molar-refractivity contribution in [1.82, 2.24) is 14.7 Å². The molecule has 0 aromatic carbocycles. The third-order valence-corrected chi connectivity index (χ3v) is 7.86. The predicted octanol–water partition coefficient (Wildman–Crippen LogP) is 3.11. The zero-order valence-electron chi connectivity index (χ0n) is 17.7. The van der Waals surface area contributed by atoms with Crippen LogP contribution in [-0.2, 0) is 9.53 Å². The fourth-order valence-corrected chi connectivity index (χ4v) is 6.30. The summed E-state index contributed by atoms with van der Waals surface area (Å²) in [5.74, 6) is 1.03. The number of nitrogens with zero attached hydrogens (tertiary/aromatic N) is 3. The Morgan fingerprint density at radius 2 is 1.79 bits per heavy atom. The van der Waals surface area contributed by atoms with Gasteiger partial charge in [0.1, 0.15) is 0 Å². The third-order valence-electron chi connectivity index (χ3n) is 7.86. The molecular formula is C22H37N3O3. The number of amides is 2. The van der Waals surface area contributed by atoms with Crippen LogP contribution in [0, 0.1) is 11.3 Å². The molecule has 1 spiro atoms. The van der Waals surface area contributed by atoms with Gasteiger partial charge in [0, 0.05) is 38.1 Å². The van der Waals surface area contributed by atoms with Crippen LogP contribution in [-0.4, -0.2) is 78.1 Å². The standard InChI is InChI=1S/C22H37N3O3/c1-3-20(26)25-10-5-6-19(25)17-7-11-23(12-8-17)18-14-22(15-18)9-13-24(16-22)21(27)28-4-2/h17-19H,3-16H2,1-2H3/t18?,19-,22?/m0/s1. The van der Waals surface area contributed by atoms with Crippen molar-refractivity contribution >= 4 is 12.0 Å². The molecule has 1 aliphatic carbocycles. The van der Waals surface area contributed by atoms with Crippen LogP contribution >= 0.6 is 0 Å². The first-order valence-electron chi connectivity index (χ1n) is 11.5. The molecule has 0 N–H and O–H groups in total. The molecule has 3 heterocycles. The highest BCUT2D eigenvalue weighted by Crippen LogP contribution is 2.51. The van der Waals surface area contributed by atoms with Gasteiger partial charge in [0.05, 0.1) is 6.61 Å². The van der Waals surface area contributed by atoms with Gasteiger partial charge in [-0.1, -0.05) is 6.92 Å². The Labute approximate surface area is 169 Å². The summed E-state index contributed by atoms with van der Waals surface area (Å²) in [4.78, 5) is 31.0. The van der Waals surface area contributed by atoms with Gasteiger partial charge in [-0.2, -0.15) is 0 Å². The molecule has 6 nitrogen and oxygen atoms in total. The van der Waals surface area contributed by atoms with Crippen molar-refractivity contribution in [1.29, 1.82) is 0 Å². The van der Waals surface area contributed by atoms with Gasteiger partial charge >= 0.3 is 6.09 Å². The van der Waals surface area contributed by atoms with Gasteiger partial charge in [0.25, 0.3) is 0 Å². The molecule has 0 bridgehead atoms. The van der Waals surface area contributed by atoms with Crippen LogP contribution in [0.3, 0.4) is 0 Å². The molecule has 0 aromatic heterocycles. The molecule has 0 radical (unpaired) electrons. The van der Waals surface area contributed by atoms with Crippen molar-refractivity contribution in [2.75, 3.05) is 39.3 Å². The lowest BCUT2D eigenvalue weighted by molar-refractivity contribution is -0.133. The summed E-state index contributed by atoms with van der Waals surface area (Å²) in [7, 11) is 0. The van der Waals surface area contributed by atoms with Crippen LogP contribution in [0.1, 0.15) is 65.2 Å². The molecule has 0 aromatic rings. The van der Waals surface area contributed by atoms with Gasteiger partial charge in [0.2, 0.25) is 5.91 Å². The van der Waals surface area contributed by atoms with E-state index in [4.69, 9.17) is 4.74 Å². The molecule has 1 saturated carbocycles. The average molecular weight is 392 g/mol. The molecule has 158 valence electrons. The Morgan fingerprint density at radius 1 is 1.04 bits per heavy atom. The van der Waals surface area contributed by atoms with E-state index in [0.29, 0.717) is 42.4 Å². The number of carbonyl (C=O) groups is 2. The van der Waals surface area contributed by atoms with Crippen molar-refractivity contribution in [2.45, 2.75) is 77.3 Å². The summed E-state index contributed by atoms with van der Waals surface area (Å²) >= 11 is 0. The Bertz CT molecular complexity index is 582. The third kappa shape index (κ3) is 3.77. The summed E-state index contributed by atoms with van der Waals surface area (Å²) in [5.41, 5.74) is 0.351. The Kier molecular flexibility index (Phi) is 5.86. The molecule has 0 unspecified atom stereocenters. The minimum absolute atomic E-state index is 0.133. The molecule has 4 fully saturated rings. The second-order valence-electron chi connectivity index (χ2n) is 9.46. The maximum Gasteiger partial charge on any atom is 0.409 e. The average Bonchev–Trinajstić information content (AvgIpc) is 3.34. The molecule has 28 heavy (non-hydrogen) atoms. The fourth-order valence-electron chi connectivity index (χ4n) is 6.30. The highest BCUT2D eigenvalue weighted by atomic mass is 16.6. The van der Waals surface area contributed by atoms with Gasteiger partial charge in [-0.25, -0.2) is 4.79 Å². The number of piperidine rings is 1. The van der Waals surface area contributed by atoms with Crippen molar-refractivity contribution < 1.29 is 14.3 Å². The summed E-state index contributed by atoms with van der Waals surface area (Å²) in [6.45, 7) is 9.39. The van der Waals surface area contributed by atoms with Gasteiger partial charge in [-0.3, -0.25) is 4.79 Å². The van der Waals surface area contributed by atoms with E-state index in [1.807, 2.05) is 18.7 Å². The van der Waals surface area contributed by atoms with E-state index in [9.17, 15) is 9.59 Å². The molecule has 2 amide bonds. The van der Waals surface area contributed by atoms with Crippen LogP contribution in [0.5, 0.6) is 0 Å². The molecule has 3 saturated heterocycles. The van der Waals surface area contributed by atoms with Crippen molar-refractivity contribution in [2.24, 2.45) is 11.3 Å². The largest absolute Gasteiger partial charge is 0.450 e. The minimum Gasteiger partial charge on any atom is -0.450 e. The lowest BCUT2D eigenvalue weighted by atomic mass is 9.64. The van der Waals surface area contributed by atoms with Crippen LogP contribution in [0.25, 0.3) is 0 Å². The van der Waals surface area contributed by atoms with E-state index in [2.05, 4.69) is 9.80 Å². The maximum absolute atomic E-state index is 12.2. The molecule has 6 heteroatoms. The zero-order valence-corrected chi connectivity index (χ0v) is 17.7. The monoisotopic (exact) mass is 391 g/mol. The first kappa shape index (κ1) is 20.0.